The SMILES string of the molecule is CCC1c2nn(C)c(C)c2CCN1C(=O)OC(C)(C)C. The number of rotatable bonds is 1. The lowest BCUT2D eigenvalue weighted by atomic mass is 9.96. The monoisotopic (exact) mass is 279 g/mol. The summed E-state index contributed by atoms with van der Waals surface area (Å²) in [5.74, 6) is 0. The maximum Gasteiger partial charge on any atom is 0.410 e. The Morgan fingerprint density at radius 3 is 2.65 bits per heavy atom. The molecule has 5 nitrogen and oxygen atoms in total. The number of aryl methyl sites for hydroxylation is 1. The van der Waals surface area contributed by atoms with Crippen LogP contribution in [0.25, 0.3) is 0 Å². The molecule has 1 aromatic rings. The van der Waals surface area contributed by atoms with E-state index in [4.69, 9.17) is 4.74 Å². The van der Waals surface area contributed by atoms with Gasteiger partial charge in [-0.3, -0.25) is 9.58 Å². The minimum absolute atomic E-state index is 0.0218. The zero-order chi connectivity index (χ0) is 15.1. The molecule has 1 atom stereocenters. The summed E-state index contributed by atoms with van der Waals surface area (Å²) >= 11 is 0. The first-order chi connectivity index (χ1) is 9.24. The predicted molar refractivity (Wildman–Crippen MR) is 77.6 cm³/mol. The molecule has 0 fully saturated rings. The van der Waals surface area contributed by atoms with Gasteiger partial charge < -0.3 is 4.74 Å². The molecule has 0 saturated carbocycles. The first-order valence-electron chi connectivity index (χ1n) is 7.26. The van der Waals surface area contributed by atoms with E-state index < -0.39 is 5.60 Å². The van der Waals surface area contributed by atoms with E-state index in [2.05, 4.69) is 18.9 Å². The van der Waals surface area contributed by atoms with Gasteiger partial charge in [-0.1, -0.05) is 6.92 Å². The van der Waals surface area contributed by atoms with Crippen molar-refractivity contribution in [3.63, 3.8) is 0 Å². The van der Waals surface area contributed by atoms with E-state index in [0.717, 1.165) is 18.5 Å². The van der Waals surface area contributed by atoms with E-state index in [-0.39, 0.29) is 12.1 Å². The Balaban J connectivity index is 2.28. The minimum Gasteiger partial charge on any atom is -0.444 e. The van der Waals surface area contributed by atoms with Crippen LogP contribution in [-0.4, -0.2) is 32.9 Å². The fourth-order valence-electron chi connectivity index (χ4n) is 2.74. The average molecular weight is 279 g/mol. The summed E-state index contributed by atoms with van der Waals surface area (Å²) in [6.07, 6.45) is 1.46. The second kappa shape index (κ2) is 5.11. The second-order valence-electron chi connectivity index (χ2n) is 6.42. The molecule has 1 unspecified atom stereocenters. The second-order valence-corrected chi connectivity index (χ2v) is 6.42. The highest BCUT2D eigenvalue weighted by molar-refractivity contribution is 5.69. The number of carbonyl (C=O) groups excluding carboxylic acids is 1. The van der Waals surface area contributed by atoms with Crippen LogP contribution in [0.1, 0.15) is 57.1 Å². The van der Waals surface area contributed by atoms with Crippen molar-refractivity contribution in [1.29, 1.82) is 0 Å². The Morgan fingerprint density at radius 1 is 1.45 bits per heavy atom. The molecular weight excluding hydrogens is 254 g/mol. The van der Waals surface area contributed by atoms with Crippen LogP contribution in [0.3, 0.4) is 0 Å². The van der Waals surface area contributed by atoms with Crippen molar-refractivity contribution < 1.29 is 9.53 Å². The molecule has 0 aliphatic carbocycles. The van der Waals surface area contributed by atoms with Crippen molar-refractivity contribution >= 4 is 6.09 Å². The van der Waals surface area contributed by atoms with E-state index in [1.54, 1.807) is 0 Å². The molecule has 0 aromatic carbocycles. The first kappa shape index (κ1) is 14.9. The fraction of sp³-hybridized carbons (Fsp3) is 0.733. The molecule has 1 aromatic heterocycles. The summed E-state index contributed by atoms with van der Waals surface area (Å²) in [4.78, 5) is 14.2. The first-order valence-corrected chi connectivity index (χ1v) is 7.26. The Kier molecular flexibility index (Phi) is 3.80. The Hall–Kier alpha value is -1.52. The maximum absolute atomic E-state index is 12.4. The van der Waals surface area contributed by atoms with E-state index in [9.17, 15) is 4.79 Å². The summed E-state index contributed by atoms with van der Waals surface area (Å²) in [7, 11) is 1.96. The number of hydrogen-bond acceptors (Lipinski definition) is 3. The summed E-state index contributed by atoms with van der Waals surface area (Å²) in [5, 5.41) is 4.60. The molecule has 5 heteroatoms. The van der Waals surface area contributed by atoms with Gasteiger partial charge in [-0.2, -0.15) is 5.10 Å². The van der Waals surface area contributed by atoms with E-state index >= 15 is 0 Å². The average Bonchev–Trinajstić information content (AvgIpc) is 2.62. The van der Waals surface area contributed by atoms with Gasteiger partial charge in [-0.25, -0.2) is 4.79 Å². The predicted octanol–water partition coefficient (Wildman–Crippen LogP) is 2.97. The molecule has 20 heavy (non-hydrogen) atoms. The van der Waals surface area contributed by atoms with Crippen molar-refractivity contribution in [2.75, 3.05) is 6.54 Å². The smallest absolute Gasteiger partial charge is 0.410 e. The fourth-order valence-corrected chi connectivity index (χ4v) is 2.74. The third-order valence-electron chi connectivity index (χ3n) is 3.80. The van der Waals surface area contributed by atoms with Crippen LogP contribution in [0.4, 0.5) is 4.79 Å². The Morgan fingerprint density at radius 2 is 2.10 bits per heavy atom. The lowest BCUT2D eigenvalue weighted by Gasteiger charge is -2.35. The zero-order valence-electron chi connectivity index (χ0n) is 13.4. The standard InChI is InChI=1S/C15H25N3O2/c1-7-12-13-11(10(2)17(6)16-13)8-9-18(12)14(19)20-15(3,4)5/h12H,7-9H2,1-6H3. The largest absolute Gasteiger partial charge is 0.444 e. The van der Waals surface area contributed by atoms with Gasteiger partial charge in [0, 0.05) is 24.8 Å². The summed E-state index contributed by atoms with van der Waals surface area (Å²) < 4.78 is 7.42. The van der Waals surface area contributed by atoms with Gasteiger partial charge in [0.2, 0.25) is 0 Å². The molecule has 0 N–H and O–H groups in total. The topological polar surface area (TPSA) is 47.4 Å². The molecule has 1 aliphatic heterocycles. The third kappa shape index (κ3) is 2.67. The van der Waals surface area contributed by atoms with Crippen LogP contribution in [0, 0.1) is 6.92 Å². The molecule has 0 saturated heterocycles. The van der Waals surface area contributed by atoms with Crippen molar-refractivity contribution in [3.05, 3.63) is 17.0 Å². The number of nitrogens with zero attached hydrogens (tertiary/aromatic N) is 3. The van der Waals surface area contributed by atoms with Crippen LogP contribution in [-0.2, 0) is 18.2 Å². The van der Waals surface area contributed by atoms with Crippen LogP contribution in [0.2, 0.25) is 0 Å². The van der Waals surface area contributed by atoms with Gasteiger partial charge in [0.15, 0.2) is 0 Å². The van der Waals surface area contributed by atoms with Crippen LogP contribution < -0.4 is 0 Å². The van der Waals surface area contributed by atoms with Gasteiger partial charge >= 0.3 is 6.09 Å². The number of carbonyl (C=O) groups is 1. The van der Waals surface area contributed by atoms with Crippen LogP contribution in [0.15, 0.2) is 0 Å². The molecule has 2 heterocycles. The molecule has 112 valence electrons. The molecule has 1 amide bonds. The van der Waals surface area contributed by atoms with Crippen LogP contribution >= 0.6 is 0 Å². The molecule has 2 rings (SSSR count). The lowest BCUT2D eigenvalue weighted by molar-refractivity contribution is 0.0132. The van der Waals surface area contributed by atoms with Gasteiger partial charge in [0.05, 0.1) is 11.7 Å². The van der Waals surface area contributed by atoms with Crippen molar-refractivity contribution in [2.45, 2.75) is 59.1 Å². The van der Waals surface area contributed by atoms with Crippen molar-refractivity contribution in [3.8, 4) is 0 Å². The van der Waals surface area contributed by atoms with Crippen molar-refractivity contribution in [1.82, 2.24) is 14.7 Å². The highest BCUT2D eigenvalue weighted by Crippen LogP contribution is 2.33. The number of hydrogen-bond donors (Lipinski definition) is 0. The van der Waals surface area contributed by atoms with E-state index in [1.165, 1.54) is 11.3 Å². The van der Waals surface area contributed by atoms with Gasteiger partial charge in [0.25, 0.3) is 0 Å². The summed E-state index contributed by atoms with van der Waals surface area (Å²) in [5.41, 5.74) is 3.06. The van der Waals surface area contributed by atoms with E-state index in [0.29, 0.717) is 6.54 Å². The molecule has 0 spiro atoms. The van der Waals surface area contributed by atoms with Gasteiger partial charge in [-0.05, 0) is 40.5 Å². The van der Waals surface area contributed by atoms with Gasteiger partial charge in [0.1, 0.15) is 5.60 Å². The number of fused-ring (bicyclic) bond motifs is 1. The minimum atomic E-state index is -0.463. The molecule has 0 radical (unpaired) electrons. The van der Waals surface area contributed by atoms with E-state index in [1.807, 2.05) is 37.4 Å². The normalized spacial score (nSPS) is 18.9. The summed E-state index contributed by atoms with van der Waals surface area (Å²) in [6, 6.07) is 0.0218. The Labute approximate surface area is 120 Å². The maximum atomic E-state index is 12.4. The Bertz CT molecular complexity index is 514. The molecule has 0 bridgehead atoms. The van der Waals surface area contributed by atoms with Crippen molar-refractivity contribution in [2.24, 2.45) is 7.05 Å². The zero-order valence-corrected chi connectivity index (χ0v) is 13.4. The highest BCUT2D eigenvalue weighted by Gasteiger charge is 2.35. The number of amides is 1. The summed E-state index contributed by atoms with van der Waals surface area (Å²) in [6.45, 7) is 10.6. The quantitative estimate of drug-likeness (QED) is 0.794. The third-order valence-corrected chi connectivity index (χ3v) is 3.80. The highest BCUT2D eigenvalue weighted by atomic mass is 16.6. The van der Waals surface area contributed by atoms with Gasteiger partial charge in [-0.15, -0.1) is 0 Å². The molecule has 1 aliphatic rings. The lowest BCUT2D eigenvalue weighted by Crippen LogP contribution is -2.42. The number of ether oxygens (including phenoxy) is 1. The number of aromatic nitrogens is 2. The van der Waals surface area contributed by atoms with Crippen LogP contribution in [0.5, 0.6) is 0 Å². The molecular formula is C15H25N3O2.